The maximum atomic E-state index is 14.2. The van der Waals surface area contributed by atoms with Gasteiger partial charge in [-0.05, 0) is 62.8 Å². The van der Waals surface area contributed by atoms with Crippen molar-refractivity contribution in [3.63, 3.8) is 0 Å². The van der Waals surface area contributed by atoms with E-state index in [0.717, 1.165) is 12.8 Å². The maximum absolute atomic E-state index is 14.2. The number of amides is 2. The monoisotopic (exact) mass is 860 g/mol. The smallest absolute Gasteiger partial charge is 0.259 e. The molecule has 17 nitrogen and oxygen atoms in total. The van der Waals surface area contributed by atoms with Crippen LogP contribution < -0.4 is 29.6 Å². The minimum absolute atomic E-state index is 0.202. The zero-order valence-corrected chi connectivity index (χ0v) is 34.8. The normalized spacial score (nSPS) is 22.6. The topological polar surface area (TPSA) is 205 Å². The summed E-state index contributed by atoms with van der Waals surface area (Å²) in [7, 11) is -6.11. The molecule has 0 spiro atoms. The van der Waals surface area contributed by atoms with Crippen LogP contribution in [0.1, 0.15) is 65.7 Å². The lowest BCUT2D eigenvalue weighted by atomic mass is 10.1. The number of hydrogen-bond donors (Lipinski definition) is 5. The van der Waals surface area contributed by atoms with Crippen molar-refractivity contribution in [2.75, 3.05) is 75.4 Å². The zero-order valence-electron chi connectivity index (χ0n) is 31.2. The van der Waals surface area contributed by atoms with Crippen LogP contribution in [-0.2, 0) is 34.9 Å². The molecule has 2 amide bonds. The molecule has 56 heavy (non-hydrogen) atoms. The summed E-state index contributed by atoms with van der Waals surface area (Å²) in [6.07, 6.45) is 3.64. The van der Waals surface area contributed by atoms with Gasteiger partial charge in [-0.2, -0.15) is 12.6 Å². The van der Waals surface area contributed by atoms with Crippen molar-refractivity contribution in [3.8, 4) is 23.0 Å². The average molecular weight is 861 g/mol. The molecule has 0 bridgehead atoms. The van der Waals surface area contributed by atoms with Gasteiger partial charge in [0.05, 0.1) is 69.2 Å². The van der Waals surface area contributed by atoms with Crippen LogP contribution in [-0.4, -0.2) is 128 Å². The van der Waals surface area contributed by atoms with E-state index < -0.39 is 53.7 Å². The van der Waals surface area contributed by atoms with Gasteiger partial charge in [0.2, 0.25) is 0 Å². The summed E-state index contributed by atoms with van der Waals surface area (Å²) in [5.41, 5.74) is 1.36. The van der Waals surface area contributed by atoms with E-state index in [-0.39, 0.29) is 25.0 Å². The van der Waals surface area contributed by atoms with Crippen LogP contribution in [0.4, 0.5) is 11.4 Å². The van der Waals surface area contributed by atoms with Crippen LogP contribution in [0.2, 0.25) is 0 Å². The number of carbonyl (C=O) groups excluding carboxylic acids is 2. The average Bonchev–Trinajstić information content (AvgIpc) is 3.84. The van der Waals surface area contributed by atoms with Gasteiger partial charge in [-0.3, -0.25) is 9.59 Å². The SMILES string of the molecule is COc1cc2c(cc1OCCCP(=O)(CCCS)CCCOc1cc3c(cc1OC)C(=O)N1CCC[C@H]1C(O[SH](=O)=O)N3)NC(O[SH](=O)=O)[C@@H]1CCCN1C2=O. The minimum Gasteiger partial charge on any atom is -0.493 e. The predicted octanol–water partition coefficient (Wildman–Crippen LogP) is 3.42. The second kappa shape index (κ2) is 18.9. The molecule has 0 radical (unpaired) electrons. The van der Waals surface area contributed by atoms with Crippen LogP contribution >= 0.6 is 19.8 Å². The number of nitrogens with one attached hydrogen (secondary N) is 2. The Morgan fingerprint density at radius 3 is 1.52 bits per heavy atom. The molecule has 2 N–H and O–H groups in total. The molecule has 2 aromatic carbocycles. The largest absolute Gasteiger partial charge is 0.493 e. The Morgan fingerprint density at radius 2 is 1.12 bits per heavy atom. The first kappa shape index (κ1) is 42.2. The summed E-state index contributed by atoms with van der Waals surface area (Å²) in [6.45, 7) is 1.36. The number of nitrogens with zero attached hydrogens (tertiary/aromatic N) is 2. The summed E-state index contributed by atoms with van der Waals surface area (Å²) in [4.78, 5) is 30.2. The molecule has 2 fully saturated rings. The molecule has 4 atom stereocenters. The van der Waals surface area contributed by atoms with E-state index in [9.17, 15) is 31.0 Å². The number of benzene rings is 2. The number of fused-ring (bicyclic) bond motifs is 4. The fourth-order valence-electron chi connectivity index (χ4n) is 7.93. The van der Waals surface area contributed by atoms with Crippen LogP contribution in [0.15, 0.2) is 24.3 Å². The third-order valence-electron chi connectivity index (χ3n) is 10.5. The lowest BCUT2D eigenvalue weighted by molar-refractivity contribution is 0.0633. The summed E-state index contributed by atoms with van der Waals surface area (Å²) < 4.78 is 93.9. The van der Waals surface area contributed by atoms with Gasteiger partial charge >= 0.3 is 0 Å². The second-order valence-electron chi connectivity index (χ2n) is 14.0. The Labute approximate surface area is 335 Å². The van der Waals surface area contributed by atoms with Gasteiger partial charge in [0.25, 0.3) is 33.8 Å². The van der Waals surface area contributed by atoms with E-state index in [4.69, 9.17) is 27.3 Å². The highest BCUT2D eigenvalue weighted by Gasteiger charge is 2.42. The Bertz CT molecular complexity index is 1830. The van der Waals surface area contributed by atoms with Crippen molar-refractivity contribution < 1.29 is 58.3 Å². The molecular weight excluding hydrogens is 812 g/mol. The minimum atomic E-state index is -3.17. The van der Waals surface area contributed by atoms with Gasteiger partial charge in [0.1, 0.15) is 0 Å². The van der Waals surface area contributed by atoms with Crippen molar-refractivity contribution in [1.82, 2.24) is 9.80 Å². The summed E-state index contributed by atoms with van der Waals surface area (Å²) in [5.74, 6) is 1.40. The first-order chi connectivity index (χ1) is 26.9. The molecular formula is C35H49N4O13PS3. The second-order valence-corrected chi connectivity index (χ2v) is 19.2. The van der Waals surface area contributed by atoms with Crippen molar-refractivity contribution in [3.05, 3.63) is 35.4 Å². The molecule has 6 rings (SSSR count). The Hall–Kier alpha value is -3.42. The third-order valence-corrected chi connectivity index (χ3v) is 15.0. The summed E-state index contributed by atoms with van der Waals surface area (Å²) in [5, 5.41) is 6.17. The predicted molar refractivity (Wildman–Crippen MR) is 213 cm³/mol. The first-order valence-corrected chi connectivity index (χ1v) is 23.7. The van der Waals surface area contributed by atoms with Crippen LogP contribution in [0.3, 0.4) is 0 Å². The molecule has 2 unspecified atom stereocenters. The van der Waals surface area contributed by atoms with E-state index in [1.54, 1.807) is 34.1 Å². The Kier molecular flexibility index (Phi) is 14.2. The quantitative estimate of drug-likeness (QED) is 0.0780. The van der Waals surface area contributed by atoms with Gasteiger partial charge in [-0.1, -0.05) is 0 Å². The number of carbonyl (C=O) groups is 2. The van der Waals surface area contributed by atoms with Crippen molar-refractivity contribution in [2.24, 2.45) is 0 Å². The number of ether oxygens (including phenoxy) is 4. The Balaban J connectivity index is 1.08. The molecule has 0 aromatic heterocycles. The summed E-state index contributed by atoms with van der Waals surface area (Å²) in [6, 6.07) is 5.45. The summed E-state index contributed by atoms with van der Waals surface area (Å²) >= 11 is 4.34. The number of rotatable bonds is 19. The number of methoxy groups -OCH3 is 2. The third kappa shape index (κ3) is 9.64. The van der Waals surface area contributed by atoms with E-state index in [1.807, 2.05) is 0 Å². The van der Waals surface area contributed by atoms with Gasteiger partial charge in [0.15, 0.2) is 35.5 Å². The Morgan fingerprint density at radius 1 is 0.696 bits per heavy atom. The van der Waals surface area contributed by atoms with E-state index in [1.165, 1.54) is 14.2 Å². The van der Waals surface area contributed by atoms with Crippen LogP contribution in [0.5, 0.6) is 23.0 Å². The highest BCUT2D eigenvalue weighted by molar-refractivity contribution is 7.80. The van der Waals surface area contributed by atoms with Crippen molar-refractivity contribution in [2.45, 2.75) is 69.5 Å². The molecule has 0 aliphatic carbocycles. The fraction of sp³-hybridized carbons (Fsp3) is 0.600. The molecule has 21 heteroatoms. The van der Waals surface area contributed by atoms with E-state index in [2.05, 4.69) is 23.3 Å². The molecule has 310 valence electrons. The lowest BCUT2D eigenvalue weighted by Crippen LogP contribution is -2.44. The molecule has 0 saturated carbocycles. The first-order valence-electron chi connectivity index (χ1n) is 18.6. The van der Waals surface area contributed by atoms with Gasteiger partial charge in [-0.15, -0.1) is 0 Å². The van der Waals surface area contributed by atoms with E-state index >= 15 is 0 Å². The number of hydrogen-bond acceptors (Lipinski definition) is 16. The molecule has 4 aliphatic heterocycles. The standard InChI is InChI=1S/C35H49N4O13PS3/c1-47-28-18-22-24(36-32(51-55(43)44)26-8-3-10-38(26)34(22)40)20-30(28)49-12-5-14-53(42,16-7-17-54)15-6-13-50-31-21-25-23(19-29(31)48-2)35(41)39-11-4-9-27(39)33(37-25)52-56(45)46/h18-21,26-27,32-33,36-37,54-56H,3-17H2,1-2H3/t26-,27-,32?,33?,53?/m0/s1. The van der Waals surface area contributed by atoms with E-state index in [0.29, 0.717) is 115 Å². The fourth-order valence-corrected chi connectivity index (χ4v) is 11.9. The van der Waals surface area contributed by atoms with Crippen LogP contribution in [0, 0.1) is 0 Å². The molecule has 2 saturated heterocycles. The number of thiol groups is 3. The zero-order chi connectivity index (χ0) is 40.0. The maximum Gasteiger partial charge on any atom is 0.259 e. The van der Waals surface area contributed by atoms with Gasteiger partial charge in [0, 0.05) is 43.7 Å². The van der Waals surface area contributed by atoms with Crippen molar-refractivity contribution >= 4 is 64.9 Å². The van der Waals surface area contributed by atoms with Gasteiger partial charge < -0.3 is 43.9 Å². The lowest BCUT2D eigenvalue weighted by Gasteiger charge is -2.27. The molecule has 2 aromatic rings. The molecule has 4 aliphatic rings. The van der Waals surface area contributed by atoms with Crippen LogP contribution in [0.25, 0.3) is 0 Å². The highest BCUT2D eigenvalue weighted by atomic mass is 32.2. The van der Waals surface area contributed by atoms with Crippen molar-refractivity contribution in [1.29, 1.82) is 0 Å². The van der Waals surface area contributed by atoms with Gasteiger partial charge in [-0.25, -0.2) is 25.2 Å². The number of anilines is 2. The molecule has 4 heterocycles. The highest BCUT2D eigenvalue weighted by Crippen LogP contribution is 2.48.